The van der Waals surface area contributed by atoms with Crippen molar-refractivity contribution in [2.45, 2.75) is 119 Å². The van der Waals surface area contributed by atoms with E-state index in [9.17, 15) is 0 Å². The van der Waals surface area contributed by atoms with Crippen LogP contribution in [0.25, 0.3) is 38.8 Å². The normalized spacial score (nSPS) is 14.8. The Balaban J connectivity index is 1.63. The number of imidazole rings is 1. The average molecular weight is 629 g/mol. The van der Waals surface area contributed by atoms with Gasteiger partial charge in [-0.15, -0.1) is 0 Å². The third kappa shape index (κ3) is 6.05. The number of fused-ring (bicyclic) bond motifs is 4. The van der Waals surface area contributed by atoms with E-state index in [1.807, 2.05) is 0 Å². The van der Waals surface area contributed by atoms with E-state index in [0.717, 1.165) is 49.4 Å². The number of nitrogens with zero attached hydrogens (tertiary/aromatic N) is 3. The Morgan fingerprint density at radius 3 is 1.94 bits per heavy atom. The van der Waals surface area contributed by atoms with Gasteiger partial charge < -0.3 is 9.88 Å². The van der Waals surface area contributed by atoms with Gasteiger partial charge in [0.2, 0.25) is 5.95 Å². The van der Waals surface area contributed by atoms with Crippen LogP contribution in [0, 0.1) is 11.8 Å². The molecule has 0 aliphatic heterocycles. The molecular weight excluding hydrogens is 573 g/mol. The predicted octanol–water partition coefficient (Wildman–Crippen LogP) is 12.2. The molecule has 0 radical (unpaired) electrons. The molecule has 0 unspecified atom stereocenters. The minimum atomic E-state index is 0.0605. The van der Waals surface area contributed by atoms with Crippen LogP contribution < -0.4 is 5.32 Å². The minimum absolute atomic E-state index is 0.0605. The SMILES string of the molecule is CCCCn1c(-n2c3ccc(C(C)(C)C)cc3c3cc(C(C)(C)C)ccc32)nc2c(NC3=C(C(C)C)CCC=C3C(C)C)cccc21. The van der Waals surface area contributed by atoms with Gasteiger partial charge >= 0.3 is 0 Å². The van der Waals surface area contributed by atoms with E-state index >= 15 is 0 Å². The number of anilines is 1. The molecule has 4 nitrogen and oxygen atoms in total. The van der Waals surface area contributed by atoms with E-state index in [1.54, 1.807) is 0 Å². The lowest BCUT2D eigenvalue weighted by Gasteiger charge is -2.28. The van der Waals surface area contributed by atoms with Gasteiger partial charge in [0, 0.05) is 23.0 Å². The van der Waals surface area contributed by atoms with Gasteiger partial charge in [-0.05, 0) is 101 Å². The maximum absolute atomic E-state index is 5.58. The highest BCUT2D eigenvalue weighted by atomic mass is 15.2. The zero-order chi connectivity index (χ0) is 33.8. The summed E-state index contributed by atoms with van der Waals surface area (Å²) in [7, 11) is 0. The van der Waals surface area contributed by atoms with Crippen LogP contribution in [0.3, 0.4) is 0 Å². The molecule has 47 heavy (non-hydrogen) atoms. The van der Waals surface area contributed by atoms with Crippen molar-refractivity contribution < 1.29 is 0 Å². The molecule has 2 heterocycles. The number of aryl methyl sites for hydroxylation is 1. The number of benzene rings is 3. The molecule has 0 spiro atoms. The summed E-state index contributed by atoms with van der Waals surface area (Å²) in [6, 6.07) is 20.8. The molecule has 0 amide bonds. The van der Waals surface area contributed by atoms with Crippen LogP contribution in [0.15, 0.2) is 77.5 Å². The first-order chi connectivity index (χ1) is 22.2. The summed E-state index contributed by atoms with van der Waals surface area (Å²) in [5.41, 5.74) is 12.8. The minimum Gasteiger partial charge on any atom is -0.354 e. The van der Waals surface area contributed by atoms with Crippen LogP contribution >= 0.6 is 0 Å². The van der Waals surface area contributed by atoms with Crippen LogP contribution in [0.5, 0.6) is 0 Å². The van der Waals surface area contributed by atoms with E-state index in [1.165, 1.54) is 55.3 Å². The molecular formula is C43H56N4. The summed E-state index contributed by atoms with van der Waals surface area (Å²) in [6.45, 7) is 26.3. The van der Waals surface area contributed by atoms with E-state index < -0.39 is 0 Å². The van der Waals surface area contributed by atoms with Crippen LogP contribution in [-0.4, -0.2) is 14.1 Å². The maximum Gasteiger partial charge on any atom is 0.215 e. The summed E-state index contributed by atoms with van der Waals surface area (Å²) in [6.07, 6.45) is 6.89. The lowest BCUT2D eigenvalue weighted by Crippen LogP contribution is -2.16. The number of unbranched alkanes of at least 4 members (excludes halogenated alkanes) is 1. The first kappa shape index (κ1) is 33.1. The van der Waals surface area contributed by atoms with Gasteiger partial charge in [0.1, 0.15) is 5.52 Å². The molecule has 0 atom stereocenters. The Labute approximate surface area is 283 Å². The summed E-state index contributed by atoms with van der Waals surface area (Å²) < 4.78 is 4.90. The van der Waals surface area contributed by atoms with Crippen molar-refractivity contribution in [3.05, 3.63) is 88.6 Å². The molecule has 1 aliphatic rings. The molecule has 4 heteroatoms. The number of rotatable bonds is 8. The smallest absolute Gasteiger partial charge is 0.215 e. The van der Waals surface area contributed by atoms with E-state index in [2.05, 4.69) is 151 Å². The number of hydrogen-bond acceptors (Lipinski definition) is 2. The molecule has 1 aliphatic carbocycles. The van der Waals surface area contributed by atoms with Crippen LogP contribution in [0.1, 0.15) is 113 Å². The molecule has 0 bridgehead atoms. The molecule has 0 fully saturated rings. The van der Waals surface area contributed by atoms with E-state index in [-0.39, 0.29) is 10.8 Å². The van der Waals surface area contributed by atoms with Crippen LogP contribution in [0.2, 0.25) is 0 Å². The van der Waals surface area contributed by atoms with Crippen molar-refractivity contribution in [1.82, 2.24) is 14.1 Å². The molecule has 3 aromatic carbocycles. The fourth-order valence-corrected chi connectivity index (χ4v) is 7.30. The largest absolute Gasteiger partial charge is 0.354 e. The molecule has 248 valence electrons. The third-order valence-corrected chi connectivity index (χ3v) is 10.2. The summed E-state index contributed by atoms with van der Waals surface area (Å²) in [5.74, 6) is 1.94. The quantitative estimate of drug-likeness (QED) is 0.185. The van der Waals surface area contributed by atoms with Crippen LogP contribution in [-0.2, 0) is 17.4 Å². The van der Waals surface area contributed by atoms with Crippen molar-refractivity contribution in [1.29, 1.82) is 0 Å². The number of aromatic nitrogens is 3. The highest BCUT2D eigenvalue weighted by Crippen LogP contribution is 2.40. The zero-order valence-corrected chi connectivity index (χ0v) is 30.8. The fraction of sp³-hybridized carbons (Fsp3) is 0.465. The summed E-state index contributed by atoms with van der Waals surface area (Å²) in [4.78, 5) is 5.58. The predicted molar refractivity (Wildman–Crippen MR) is 204 cm³/mol. The second-order valence-corrected chi connectivity index (χ2v) is 16.4. The number of hydrogen-bond donors (Lipinski definition) is 1. The molecule has 0 saturated carbocycles. The molecule has 2 aromatic heterocycles. The van der Waals surface area contributed by atoms with Crippen molar-refractivity contribution in [3.63, 3.8) is 0 Å². The number of para-hydroxylation sites is 1. The molecule has 6 rings (SSSR count). The molecule has 1 N–H and O–H groups in total. The lowest BCUT2D eigenvalue weighted by molar-refractivity contribution is 0.590. The van der Waals surface area contributed by atoms with Crippen molar-refractivity contribution in [3.8, 4) is 5.95 Å². The van der Waals surface area contributed by atoms with Gasteiger partial charge in [-0.2, -0.15) is 0 Å². The van der Waals surface area contributed by atoms with Gasteiger partial charge in [-0.25, -0.2) is 4.98 Å². The zero-order valence-electron chi connectivity index (χ0n) is 30.8. The first-order valence-electron chi connectivity index (χ1n) is 18.0. The highest BCUT2D eigenvalue weighted by Gasteiger charge is 2.25. The van der Waals surface area contributed by atoms with Crippen molar-refractivity contribution >= 4 is 38.5 Å². The second-order valence-electron chi connectivity index (χ2n) is 16.4. The Kier molecular flexibility index (Phi) is 8.70. The van der Waals surface area contributed by atoms with E-state index in [4.69, 9.17) is 4.98 Å². The van der Waals surface area contributed by atoms with Gasteiger partial charge in [0.05, 0.1) is 22.2 Å². The standard InChI is InChI=1S/C43H56N4/c1-12-13-24-46-38-19-15-18-35(44-39-31(27(2)3)16-14-17-32(39)28(4)5)40(38)45-41(46)47-36-22-20-29(42(6,7)8)25-33(36)34-26-30(43(9,10)11)21-23-37(34)47/h15-16,18-23,25-28,44H,12-14,17,24H2,1-11H3. The van der Waals surface area contributed by atoms with Gasteiger partial charge in [-0.1, -0.05) is 107 Å². The monoisotopic (exact) mass is 628 g/mol. The first-order valence-corrected chi connectivity index (χ1v) is 18.0. The Morgan fingerprint density at radius 1 is 0.787 bits per heavy atom. The second kappa shape index (κ2) is 12.3. The molecule has 5 aromatic rings. The van der Waals surface area contributed by atoms with Gasteiger partial charge in [-0.3, -0.25) is 4.57 Å². The van der Waals surface area contributed by atoms with Gasteiger partial charge in [0.15, 0.2) is 0 Å². The third-order valence-electron chi connectivity index (χ3n) is 10.2. The van der Waals surface area contributed by atoms with Crippen LogP contribution in [0.4, 0.5) is 5.69 Å². The summed E-state index contributed by atoms with van der Waals surface area (Å²) >= 11 is 0. The molecule has 0 saturated heterocycles. The maximum atomic E-state index is 5.58. The Bertz CT molecular complexity index is 1940. The number of allylic oxidation sites excluding steroid dienone is 3. The summed E-state index contributed by atoms with van der Waals surface area (Å²) in [5, 5.41) is 6.57. The topological polar surface area (TPSA) is 34.8 Å². The highest BCUT2D eigenvalue weighted by molar-refractivity contribution is 6.10. The van der Waals surface area contributed by atoms with Crippen molar-refractivity contribution in [2.75, 3.05) is 5.32 Å². The Hall–Kier alpha value is -3.79. The Morgan fingerprint density at radius 2 is 1.40 bits per heavy atom. The van der Waals surface area contributed by atoms with Gasteiger partial charge in [0.25, 0.3) is 0 Å². The van der Waals surface area contributed by atoms with E-state index in [0.29, 0.717) is 11.8 Å². The number of nitrogens with one attached hydrogen (secondary N) is 1. The van der Waals surface area contributed by atoms with Crippen molar-refractivity contribution in [2.24, 2.45) is 11.8 Å². The average Bonchev–Trinajstić information content (AvgIpc) is 3.53. The fourth-order valence-electron chi connectivity index (χ4n) is 7.30. The lowest BCUT2D eigenvalue weighted by atomic mass is 9.84.